The quantitative estimate of drug-likeness (QED) is 0.782. The fourth-order valence-corrected chi connectivity index (χ4v) is 0.899. The average Bonchev–Trinajstić information content (AvgIpc) is 2.19. The van der Waals surface area contributed by atoms with E-state index < -0.39 is 5.97 Å². The third-order valence-corrected chi connectivity index (χ3v) is 1.65. The van der Waals surface area contributed by atoms with Crippen molar-refractivity contribution in [1.29, 1.82) is 0 Å². The molecule has 0 aliphatic carbocycles. The number of hydrogen-bond acceptors (Lipinski definition) is 3. The minimum Gasteiger partial charge on any atom is -0.478 e. The molecule has 0 amide bonds. The largest absolute Gasteiger partial charge is 0.478 e. The fourth-order valence-electron chi connectivity index (χ4n) is 0.899. The van der Waals surface area contributed by atoms with Crippen molar-refractivity contribution in [3.8, 4) is 0 Å². The van der Waals surface area contributed by atoms with Crippen LogP contribution in [0, 0.1) is 6.92 Å². The number of carboxylic acids is 1. The Bertz CT molecular complexity index is 341. The second-order valence-corrected chi connectivity index (χ2v) is 3.10. The maximum absolute atomic E-state index is 10.3. The summed E-state index contributed by atoms with van der Waals surface area (Å²) in [6.07, 6.45) is 0. The van der Waals surface area contributed by atoms with Gasteiger partial charge < -0.3 is 9.84 Å². The molecule has 0 heterocycles. The molecule has 1 rings (SSSR count). The van der Waals surface area contributed by atoms with Gasteiger partial charge in [0.05, 0.1) is 12.2 Å². The predicted molar refractivity (Wildman–Crippen MR) is 60.4 cm³/mol. The van der Waals surface area contributed by atoms with Crippen molar-refractivity contribution in [3.05, 3.63) is 35.4 Å². The Labute approximate surface area is 94.9 Å². The topological polar surface area (TPSA) is 63.6 Å². The number of aryl methyl sites for hydroxylation is 1. The molecule has 0 saturated heterocycles. The lowest BCUT2D eigenvalue weighted by molar-refractivity contribution is -0.140. The van der Waals surface area contributed by atoms with Crippen LogP contribution in [0.2, 0.25) is 0 Å². The van der Waals surface area contributed by atoms with Crippen LogP contribution in [0.4, 0.5) is 0 Å². The molecule has 0 fully saturated rings. The van der Waals surface area contributed by atoms with E-state index in [0.29, 0.717) is 12.2 Å². The van der Waals surface area contributed by atoms with Crippen molar-refractivity contribution in [3.63, 3.8) is 0 Å². The SMILES string of the molecule is CCOC(C)=O.Cc1ccc(C(=O)O)cc1. The van der Waals surface area contributed by atoms with Crippen LogP contribution in [0.1, 0.15) is 29.8 Å². The Morgan fingerprint density at radius 1 is 1.25 bits per heavy atom. The van der Waals surface area contributed by atoms with E-state index in [1.165, 1.54) is 6.92 Å². The third-order valence-electron chi connectivity index (χ3n) is 1.65. The van der Waals surface area contributed by atoms with Crippen LogP contribution >= 0.6 is 0 Å². The fraction of sp³-hybridized carbons (Fsp3) is 0.333. The lowest BCUT2D eigenvalue weighted by Gasteiger charge is -1.92. The molecule has 4 nitrogen and oxygen atoms in total. The summed E-state index contributed by atoms with van der Waals surface area (Å²) in [5.41, 5.74) is 1.41. The highest BCUT2D eigenvalue weighted by atomic mass is 16.5. The molecule has 0 saturated carbocycles. The summed E-state index contributed by atoms with van der Waals surface area (Å²) in [5.74, 6) is -1.09. The van der Waals surface area contributed by atoms with Crippen LogP contribution in [0.15, 0.2) is 24.3 Å². The van der Waals surface area contributed by atoms with Gasteiger partial charge in [0.2, 0.25) is 0 Å². The molecule has 16 heavy (non-hydrogen) atoms. The standard InChI is InChI=1S/C8H8O2.C4H8O2/c1-6-2-4-7(5-3-6)8(9)10;1-3-6-4(2)5/h2-5H,1H3,(H,9,10);3H2,1-2H3. The van der Waals surface area contributed by atoms with Gasteiger partial charge in [0.1, 0.15) is 0 Å². The van der Waals surface area contributed by atoms with Crippen LogP contribution in [0.3, 0.4) is 0 Å². The number of carbonyl (C=O) groups is 2. The van der Waals surface area contributed by atoms with Crippen molar-refractivity contribution < 1.29 is 19.4 Å². The molecule has 0 bridgehead atoms. The Hall–Kier alpha value is -1.84. The molecule has 0 aliphatic heterocycles. The number of rotatable bonds is 2. The lowest BCUT2D eigenvalue weighted by Crippen LogP contribution is -1.95. The molecule has 0 radical (unpaired) electrons. The summed E-state index contributed by atoms with van der Waals surface area (Å²) in [4.78, 5) is 20.1. The predicted octanol–water partition coefficient (Wildman–Crippen LogP) is 2.26. The molecule has 0 atom stereocenters. The summed E-state index contributed by atoms with van der Waals surface area (Å²) >= 11 is 0. The van der Waals surface area contributed by atoms with Crippen molar-refractivity contribution in [1.82, 2.24) is 0 Å². The molecule has 4 heteroatoms. The lowest BCUT2D eigenvalue weighted by atomic mass is 10.2. The number of esters is 1. The number of carboxylic acid groups (broad SMARTS) is 1. The van der Waals surface area contributed by atoms with E-state index in [-0.39, 0.29) is 5.97 Å². The monoisotopic (exact) mass is 224 g/mol. The number of ether oxygens (including phenoxy) is 1. The zero-order valence-corrected chi connectivity index (χ0v) is 9.69. The zero-order chi connectivity index (χ0) is 12.6. The molecular formula is C12H16O4. The Balaban J connectivity index is 0.000000325. The number of hydrogen-bond donors (Lipinski definition) is 1. The molecule has 1 N–H and O–H groups in total. The first-order chi connectivity index (χ1) is 7.47. The minimum absolute atomic E-state index is 0.211. The number of benzene rings is 1. The van der Waals surface area contributed by atoms with Gasteiger partial charge in [0, 0.05) is 6.92 Å². The van der Waals surface area contributed by atoms with Crippen molar-refractivity contribution in [2.75, 3.05) is 6.61 Å². The average molecular weight is 224 g/mol. The van der Waals surface area contributed by atoms with Gasteiger partial charge in [-0.1, -0.05) is 17.7 Å². The molecule has 0 aromatic heterocycles. The van der Waals surface area contributed by atoms with E-state index in [9.17, 15) is 9.59 Å². The van der Waals surface area contributed by atoms with Gasteiger partial charge in [0.15, 0.2) is 0 Å². The van der Waals surface area contributed by atoms with Gasteiger partial charge in [-0.05, 0) is 26.0 Å². The van der Waals surface area contributed by atoms with Crippen molar-refractivity contribution in [2.45, 2.75) is 20.8 Å². The Morgan fingerprint density at radius 2 is 1.75 bits per heavy atom. The first kappa shape index (κ1) is 14.2. The summed E-state index contributed by atoms with van der Waals surface area (Å²) in [6.45, 7) is 5.58. The first-order valence-corrected chi connectivity index (χ1v) is 4.90. The van der Waals surface area contributed by atoms with Crippen molar-refractivity contribution >= 4 is 11.9 Å². The molecule has 0 aliphatic rings. The highest BCUT2D eigenvalue weighted by Gasteiger charge is 1.98. The van der Waals surface area contributed by atoms with Crippen LogP contribution in [-0.4, -0.2) is 23.7 Å². The van der Waals surface area contributed by atoms with Crippen LogP contribution in [0.25, 0.3) is 0 Å². The normalized spacial score (nSPS) is 8.69. The smallest absolute Gasteiger partial charge is 0.335 e. The molecular weight excluding hydrogens is 208 g/mol. The minimum atomic E-state index is -0.875. The summed E-state index contributed by atoms with van der Waals surface area (Å²) in [7, 11) is 0. The van der Waals surface area contributed by atoms with Gasteiger partial charge in [-0.25, -0.2) is 4.79 Å². The van der Waals surface area contributed by atoms with Crippen LogP contribution in [0.5, 0.6) is 0 Å². The van der Waals surface area contributed by atoms with E-state index in [2.05, 4.69) is 4.74 Å². The van der Waals surface area contributed by atoms with Gasteiger partial charge >= 0.3 is 11.9 Å². The van der Waals surface area contributed by atoms with Crippen LogP contribution < -0.4 is 0 Å². The molecule has 88 valence electrons. The van der Waals surface area contributed by atoms with E-state index >= 15 is 0 Å². The Kier molecular flexibility index (Phi) is 6.59. The van der Waals surface area contributed by atoms with E-state index in [4.69, 9.17) is 5.11 Å². The van der Waals surface area contributed by atoms with E-state index in [0.717, 1.165) is 5.56 Å². The number of aromatic carboxylic acids is 1. The molecule has 1 aromatic carbocycles. The van der Waals surface area contributed by atoms with Crippen molar-refractivity contribution in [2.24, 2.45) is 0 Å². The maximum Gasteiger partial charge on any atom is 0.335 e. The summed E-state index contributed by atoms with van der Waals surface area (Å²) in [6, 6.07) is 6.75. The number of carbonyl (C=O) groups excluding carboxylic acids is 1. The Morgan fingerprint density at radius 3 is 2.00 bits per heavy atom. The second kappa shape index (κ2) is 7.45. The van der Waals surface area contributed by atoms with Gasteiger partial charge in [-0.2, -0.15) is 0 Å². The molecule has 0 spiro atoms. The van der Waals surface area contributed by atoms with E-state index in [1.807, 2.05) is 6.92 Å². The zero-order valence-electron chi connectivity index (χ0n) is 9.69. The third kappa shape index (κ3) is 6.59. The van der Waals surface area contributed by atoms with E-state index in [1.54, 1.807) is 31.2 Å². The van der Waals surface area contributed by atoms with Gasteiger partial charge in [-0.3, -0.25) is 4.79 Å². The second-order valence-electron chi connectivity index (χ2n) is 3.10. The van der Waals surface area contributed by atoms with Gasteiger partial charge in [0.25, 0.3) is 0 Å². The summed E-state index contributed by atoms with van der Waals surface area (Å²) in [5, 5.41) is 8.48. The first-order valence-electron chi connectivity index (χ1n) is 4.90. The maximum atomic E-state index is 10.3. The van der Waals surface area contributed by atoms with Gasteiger partial charge in [-0.15, -0.1) is 0 Å². The molecule has 0 unspecified atom stereocenters. The van der Waals surface area contributed by atoms with Crippen LogP contribution in [-0.2, 0) is 9.53 Å². The molecule has 1 aromatic rings. The highest BCUT2D eigenvalue weighted by Crippen LogP contribution is 2.01. The highest BCUT2D eigenvalue weighted by molar-refractivity contribution is 5.87. The summed E-state index contributed by atoms with van der Waals surface area (Å²) < 4.78 is 4.40.